The van der Waals surface area contributed by atoms with Crippen LogP contribution < -0.4 is 4.72 Å². The molecule has 9 nitrogen and oxygen atoms in total. The molecule has 0 saturated carbocycles. The smallest absolute Gasteiger partial charge is 0.321 e. The van der Waals surface area contributed by atoms with Gasteiger partial charge in [0.2, 0.25) is 10.0 Å². The molecule has 148 valence electrons. The van der Waals surface area contributed by atoms with Crippen LogP contribution in [-0.2, 0) is 19.6 Å². The van der Waals surface area contributed by atoms with Gasteiger partial charge >= 0.3 is 5.97 Å². The number of imide groups is 1. The number of sulfonamides is 1. The molecule has 0 aromatic heterocycles. The van der Waals surface area contributed by atoms with E-state index in [1.54, 1.807) is 38.1 Å². The minimum atomic E-state index is -3.84. The van der Waals surface area contributed by atoms with E-state index >= 15 is 0 Å². The first kappa shape index (κ1) is 21.0. The SMILES string of the molecule is CC(C)C(NS(=O)(=O)CCOCCN1C(=O)c2ccccc2C1=O)C(=O)O. The van der Waals surface area contributed by atoms with Crippen LogP contribution in [0.5, 0.6) is 0 Å². The second kappa shape index (κ2) is 8.59. The number of carboxylic acid groups (broad SMARTS) is 1. The van der Waals surface area contributed by atoms with Gasteiger partial charge in [-0.2, -0.15) is 0 Å². The Morgan fingerprint density at radius 3 is 2.19 bits per heavy atom. The zero-order chi connectivity index (χ0) is 20.2. The fraction of sp³-hybridized carbons (Fsp3) is 0.471. The number of benzene rings is 1. The molecule has 1 aliphatic rings. The largest absolute Gasteiger partial charge is 0.480 e. The van der Waals surface area contributed by atoms with E-state index in [0.717, 1.165) is 4.90 Å². The van der Waals surface area contributed by atoms with Crippen molar-refractivity contribution in [3.63, 3.8) is 0 Å². The van der Waals surface area contributed by atoms with Crippen molar-refractivity contribution in [1.82, 2.24) is 9.62 Å². The second-order valence-corrected chi connectivity index (χ2v) is 8.29. The van der Waals surface area contributed by atoms with E-state index in [0.29, 0.717) is 11.1 Å². The number of ether oxygens (including phenoxy) is 1. The number of carboxylic acids is 1. The summed E-state index contributed by atoms with van der Waals surface area (Å²) in [7, 11) is -3.84. The van der Waals surface area contributed by atoms with Crippen molar-refractivity contribution in [3.05, 3.63) is 35.4 Å². The Hall–Kier alpha value is -2.30. The van der Waals surface area contributed by atoms with E-state index in [9.17, 15) is 22.8 Å². The summed E-state index contributed by atoms with van der Waals surface area (Å²) in [6, 6.07) is 5.27. The van der Waals surface area contributed by atoms with Crippen LogP contribution in [-0.4, -0.2) is 67.8 Å². The number of carbonyl (C=O) groups is 3. The molecule has 0 spiro atoms. The van der Waals surface area contributed by atoms with Gasteiger partial charge in [-0.3, -0.25) is 19.3 Å². The average Bonchev–Trinajstić information content (AvgIpc) is 2.84. The lowest BCUT2D eigenvalue weighted by molar-refractivity contribution is -0.140. The fourth-order valence-electron chi connectivity index (χ4n) is 2.59. The van der Waals surface area contributed by atoms with Crippen molar-refractivity contribution in [2.45, 2.75) is 19.9 Å². The average molecular weight is 398 g/mol. The maximum Gasteiger partial charge on any atom is 0.321 e. The van der Waals surface area contributed by atoms with Crippen LogP contribution in [0, 0.1) is 5.92 Å². The summed E-state index contributed by atoms with van der Waals surface area (Å²) < 4.78 is 31.2. The molecule has 10 heteroatoms. The van der Waals surface area contributed by atoms with E-state index in [1.165, 1.54) is 0 Å². The Labute approximate surface area is 157 Å². The Balaban J connectivity index is 1.79. The summed E-state index contributed by atoms with van der Waals surface area (Å²) in [4.78, 5) is 36.5. The van der Waals surface area contributed by atoms with Crippen LogP contribution >= 0.6 is 0 Å². The third kappa shape index (κ3) is 5.12. The van der Waals surface area contributed by atoms with Crippen molar-refractivity contribution in [2.24, 2.45) is 5.92 Å². The van der Waals surface area contributed by atoms with Crippen LogP contribution in [0.15, 0.2) is 24.3 Å². The molecule has 1 aromatic carbocycles. The molecule has 2 amide bonds. The third-order valence-electron chi connectivity index (χ3n) is 4.07. The van der Waals surface area contributed by atoms with E-state index in [2.05, 4.69) is 4.72 Å². The number of nitrogens with zero attached hydrogens (tertiary/aromatic N) is 1. The number of carbonyl (C=O) groups excluding carboxylic acids is 2. The molecule has 0 fully saturated rings. The highest BCUT2D eigenvalue weighted by Crippen LogP contribution is 2.21. The molecule has 1 heterocycles. The summed E-state index contributed by atoms with van der Waals surface area (Å²) in [6.45, 7) is 2.99. The Morgan fingerprint density at radius 2 is 1.70 bits per heavy atom. The molecular weight excluding hydrogens is 376 g/mol. The minimum absolute atomic E-state index is 0.00354. The maximum atomic E-state index is 12.2. The second-order valence-electron chi connectivity index (χ2n) is 6.42. The van der Waals surface area contributed by atoms with Crippen molar-refractivity contribution in [3.8, 4) is 0 Å². The van der Waals surface area contributed by atoms with Crippen LogP contribution in [0.1, 0.15) is 34.6 Å². The number of hydrogen-bond donors (Lipinski definition) is 2. The number of fused-ring (bicyclic) bond motifs is 1. The van der Waals surface area contributed by atoms with Gasteiger partial charge in [-0.25, -0.2) is 13.1 Å². The van der Waals surface area contributed by atoms with Crippen molar-refractivity contribution < 1.29 is 32.6 Å². The number of nitrogens with one attached hydrogen (secondary N) is 1. The predicted octanol–water partition coefficient (Wildman–Crippen LogP) is 0.328. The molecule has 27 heavy (non-hydrogen) atoms. The highest BCUT2D eigenvalue weighted by Gasteiger charge is 2.34. The number of rotatable bonds is 10. The fourth-order valence-corrected chi connectivity index (χ4v) is 3.81. The first-order chi connectivity index (χ1) is 12.6. The number of aliphatic carboxylic acids is 1. The molecule has 0 aliphatic carbocycles. The summed E-state index contributed by atoms with van der Waals surface area (Å²) in [6.07, 6.45) is 0. The van der Waals surface area contributed by atoms with Crippen molar-refractivity contribution in [2.75, 3.05) is 25.5 Å². The van der Waals surface area contributed by atoms with Crippen molar-refractivity contribution in [1.29, 1.82) is 0 Å². The van der Waals surface area contributed by atoms with E-state index in [4.69, 9.17) is 9.84 Å². The molecule has 0 saturated heterocycles. The monoisotopic (exact) mass is 398 g/mol. The van der Waals surface area contributed by atoms with Gasteiger partial charge in [-0.05, 0) is 18.1 Å². The number of hydrogen-bond acceptors (Lipinski definition) is 6. The summed E-state index contributed by atoms with van der Waals surface area (Å²) in [5, 5.41) is 9.03. The quantitative estimate of drug-likeness (QED) is 0.429. The van der Waals surface area contributed by atoms with E-state index in [-0.39, 0.29) is 19.8 Å². The Morgan fingerprint density at radius 1 is 1.15 bits per heavy atom. The minimum Gasteiger partial charge on any atom is -0.480 e. The molecule has 1 atom stereocenters. The van der Waals surface area contributed by atoms with Crippen LogP contribution in [0.4, 0.5) is 0 Å². The van der Waals surface area contributed by atoms with Gasteiger partial charge < -0.3 is 9.84 Å². The topological polar surface area (TPSA) is 130 Å². The summed E-state index contributed by atoms with van der Waals surface area (Å²) in [5.41, 5.74) is 0.672. The lowest BCUT2D eigenvalue weighted by Crippen LogP contribution is -2.45. The van der Waals surface area contributed by atoms with Gasteiger partial charge in [-0.1, -0.05) is 26.0 Å². The first-order valence-electron chi connectivity index (χ1n) is 8.40. The molecular formula is C17H22N2O7S. The normalized spacial score (nSPS) is 15.3. The molecule has 1 unspecified atom stereocenters. The van der Waals surface area contributed by atoms with Crippen molar-refractivity contribution >= 4 is 27.8 Å². The van der Waals surface area contributed by atoms with Crippen LogP contribution in [0.25, 0.3) is 0 Å². The van der Waals surface area contributed by atoms with Gasteiger partial charge in [0.15, 0.2) is 0 Å². The molecule has 1 aliphatic heterocycles. The lowest BCUT2D eigenvalue weighted by Gasteiger charge is -2.18. The molecule has 0 bridgehead atoms. The maximum absolute atomic E-state index is 12.2. The zero-order valence-corrected chi connectivity index (χ0v) is 15.9. The standard InChI is InChI=1S/C17H22N2O7S/c1-11(2)14(17(22)23)18-27(24,25)10-9-26-8-7-19-15(20)12-5-3-4-6-13(12)16(19)21/h3-6,11,14,18H,7-10H2,1-2H3,(H,22,23). The van der Waals surface area contributed by atoms with E-state index < -0.39 is 45.5 Å². The highest BCUT2D eigenvalue weighted by atomic mass is 32.2. The molecule has 2 N–H and O–H groups in total. The van der Waals surface area contributed by atoms with Crippen LogP contribution in [0.2, 0.25) is 0 Å². The van der Waals surface area contributed by atoms with Gasteiger partial charge in [0, 0.05) is 0 Å². The number of amides is 2. The Kier molecular flexibility index (Phi) is 6.68. The molecule has 1 aromatic rings. The molecule has 0 radical (unpaired) electrons. The summed E-state index contributed by atoms with van der Waals surface area (Å²) in [5.74, 6) is -2.90. The predicted molar refractivity (Wildman–Crippen MR) is 95.8 cm³/mol. The van der Waals surface area contributed by atoms with Gasteiger partial charge in [0.1, 0.15) is 6.04 Å². The van der Waals surface area contributed by atoms with Crippen LogP contribution in [0.3, 0.4) is 0 Å². The summed E-state index contributed by atoms with van der Waals surface area (Å²) >= 11 is 0. The van der Waals surface area contributed by atoms with Gasteiger partial charge in [0.25, 0.3) is 11.8 Å². The Bertz CT molecular complexity index is 800. The zero-order valence-electron chi connectivity index (χ0n) is 15.0. The highest BCUT2D eigenvalue weighted by molar-refractivity contribution is 7.89. The van der Waals surface area contributed by atoms with E-state index in [1.807, 2.05) is 0 Å². The van der Waals surface area contributed by atoms with Gasteiger partial charge in [-0.15, -0.1) is 0 Å². The third-order valence-corrected chi connectivity index (χ3v) is 5.39. The lowest BCUT2D eigenvalue weighted by atomic mass is 10.1. The van der Waals surface area contributed by atoms with Gasteiger partial charge in [0.05, 0.1) is 36.6 Å². The first-order valence-corrected chi connectivity index (χ1v) is 10.0. The molecule has 2 rings (SSSR count).